The molecule has 0 radical (unpaired) electrons. The van der Waals surface area contributed by atoms with E-state index >= 15 is 0 Å². The Morgan fingerprint density at radius 2 is 2.20 bits per heavy atom. The predicted molar refractivity (Wildman–Crippen MR) is 79.2 cm³/mol. The number of benzene rings is 1. The Bertz CT molecular complexity index is 440. The van der Waals surface area contributed by atoms with E-state index in [1.807, 2.05) is 13.1 Å². The van der Waals surface area contributed by atoms with Crippen LogP contribution in [0.15, 0.2) is 18.2 Å². The van der Waals surface area contributed by atoms with Crippen molar-refractivity contribution in [2.75, 3.05) is 27.3 Å². The van der Waals surface area contributed by atoms with Gasteiger partial charge in [-0.3, -0.25) is 4.79 Å². The van der Waals surface area contributed by atoms with Gasteiger partial charge in [-0.15, -0.1) is 0 Å². The number of ether oxygens (including phenoxy) is 2. The minimum Gasteiger partial charge on any atom is -0.481 e. The normalized spacial score (nSPS) is 12.0. The molecule has 0 aromatic heterocycles. The monoisotopic (exact) mass is 300 g/mol. The first kappa shape index (κ1) is 16.8. The van der Waals surface area contributed by atoms with E-state index in [1.165, 1.54) is 0 Å². The summed E-state index contributed by atoms with van der Waals surface area (Å²) in [6.07, 6.45) is -0.580. The predicted octanol–water partition coefficient (Wildman–Crippen LogP) is 1.59. The van der Waals surface area contributed by atoms with Crippen LogP contribution in [0, 0.1) is 0 Å². The number of amides is 1. The van der Waals surface area contributed by atoms with Gasteiger partial charge in [-0.1, -0.05) is 11.6 Å². The number of methoxy groups -OCH3 is 1. The van der Waals surface area contributed by atoms with Crippen molar-refractivity contribution in [3.8, 4) is 5.75 Å². The van der Waals surface area contributed by atoms with E-state index < -0.39 is 6.10 Å². The van der Waals surface area contributed by atoms with Gasteiger partial charge in [-0.05, 0) is 32.2 Å². The summed E-state index contributed by atoms with van der Waals surface area (Å²) in [5, 5.41) is 6.41. The van der Waals surface area contributed by atoms with Crippen LogP contribution < -0.4 is 15.4 Å². The number of hydrogen-bond donors (Lipinski definition) is 2. The van der Waals surface area contributed by atoms with Crippen molar-refractivity contribution >= 4 is 17.5 Å². The molecule has 5 nitrogen and oxygen atoms in total. The molecule has 0 bridgehead atoms. The SMILES string of the molecule is CNCc1cc(Cl)ccc1OC(C)C(=O)NCCOC. The lowest BCUT2D eigenvalue weighted by Gasteiger charge is -2.17. The van der Waals surface area contributed by atoms with E-state index in [-0.39, 0.29) is 5.91 Å². The van der Waals surface area contributed by atoms with Crippen LogP contribution in [0.4, 0.5) is 0 Å². The lowest BCUT2D eigenvalue weighted by molar-refractivity contribution is -0.127. The zero-order chi connectivity index (χ0) is 15.0. The number of nitrogens with one attached hydrogen (secondary N) is 2. The van der Waals surface area contributed by atoms with Crippen molar-refractivity contribution in [3.63, 3.8) is 0 Å². The molecule has 1 amide bonds. The summed E-state index contributed by atoms with van der Waals surface area (Å²) in [5.41, 5.74) is 0.913. The molecular formula is C14H21ClN2O3. The van der Waals surface area contributed by atoms with Gasteiger partial charge in [0, 0.05) is 30.8 Å². The molecule has 0 heterocycles. The molecule has 0 spiro atoms. The average Bonchev–Trinajstić information content (AvgIpc) is 2.42. The maximum atomic E-state index is 11.8. The highest BCUT2D eigenvalue weighted by Crippen LogP contribution is 2.23. The minimum atomic E-state index is -0.580. The first-order valence-electron chi connectivity index (χ1n) is 6.44. The van der Waals surface area contributed by atoms with E-state index in [0.717, 1.165) is 5.56 Å². The highest BCUT2D eigenvalue weighted by molar-refractivity contribution is 6.30. The van der Waals surface area contributed by atoms with E-state index in [0.29, 0.717) is 30.5 Å². The van der Waals surface area contributed by atoms with E-state index in [2.05, 4.69) is 10.6 Å². The molecule has 6 heteroatoms. The molecule has 2 N–H and O–H groups in total. The summed E-state index contributed by atoms with van der Waals surface area (Å²) in [5.74, 6) is 0.477. The Labute approximate surface area is 124 Å². The highest BCUT2D eigenvalue weighted by Gasteiger charge is 2.15. The van der Waals surface area contributed by atoms with E-state index in [1.54, 1.807) is 26.2 Å². The Kier molecular flexibility index (Phi) is 7.36. The summed E-state index contributed by atoms with van der Waals surface area (Å²) < 4.78 is 10.6. The lowest BCUT2D eigenvalue weighted by Crippen LogP contribution is -2.38. The first-order valence-corrected chi connectivity index (χ1v) is 6.82. The fraction of sp³-hybridized carbons (Fsp3) is 0.500. The van der Waals surface area contributed by atoms with Crippen LogP contribution >= 0.6 is 11.6 Å². The Morgan fingerprint density at radius 3 is 2.85 bits per heavy atom. The Balaban J connectivity index is 2.64. The topological polar surface area (TPSA) is 59.6 Å². The standard InChI is InChI=1S/C14H21ClN2O3/c1-10(14(18)17-6-7-19-3)20-13-5-4-12(15)8-11(13)9-16-2/h4-5,8,10,16H,6-7,9H2,1-3H3,(H,17,18). The lowest BCUT2D eigenvalue weighted by atomic mass is 10.2. The largest absolute Gasteiger partial charge is 0.481 e. The summed E-state index contributed by atoms with van der Waals surface area (Å²) in [6, 6.07) is 5.34. The summed E-state index contributed by atoms with van der Waals surface area (Å²) in [4.78, 5) is 11.8. The van der Waals surface area contributed by atoms with Gasteiger partial charge < -0.3 is 20.1 Å². The fourth-order valence-corrected chi connectivity index (χ4v) is 1.85. The molecule has 0 saturated heterocycles. The zero-order valence-electron chi connectivity index (χ0n) is 12.0. The van der Waals surface area contributed by atoms with Crippen LogP contribution in [0.25, 0.3) is 0 Å². The smallest absolute Gasteiger partial charge is 0.260 e. The minimum absolute atomic E-state index is 0.174. The van der Waals surface area contributed by atoms with Gasteiger partial charge in [0.1, 0.15) is 5.75 Å². The quantitative estimate of drug-likeness (QED) is 0.716. The number of carbonyl (C=O) groups excluding carboxylic acids is 1. The molecule has 20 heavy (non-hydrogen) atoms. The molecule has 0 aliphatic carbocycles. The van der Waals surface area contributed by atoms with Crippen molar-refractivity contribution in [3.05, 3.63) is 28.8 Å². The molecule has 1 atom stereocenters. The van der Waals surface area contributed by atoms with Crippen molar-refractivity contribution in [2.45, 2.75) is 19.6 Å². The van der Waals surface area contributed by atoms with Crippen molar-refractivity contribution in [1.29, 1.82) is 0 Å². The third-order valence-corrected chi connectivity index (χ3v) is 2.90. The molecule has 112 valence electrons. The van der Waals surface area contributed by atoms with Gasteiger partial charge in [-0.25, -0.2) is 0 Å². The second kappa shape index (κ2) is 8.79. The molecule has 1 unspecified atom stereocenters. The van der Waals surface area contributed by atoms with Crippen molar-refractivity contribution in [2.24, 2.45) is 0 Å². The molecule has 1 rings (SSSR count). The molecule has 1 aromatic carbocycles. The number of rotatable bonds is 8. The fourth-order valence-electron chi connectivity index (χ4n) is 1.66. The van der Waals surface area contributed by atoms with E-state index in [9.17, 15) is 4.79 Å². The average molecular weight is 301 g/mol. The molecule has 0 saturated carbocycles. The van der Waals surface area contributed by atoms with Crippen LogP contribution in [0.2, 0.25) is 5.02 Å². The Morgan fingerprint density at radius 1 is 1.45 bits per heavy atom. The zero-order valence-corrected chi connectivity index (χ0v) is 12.8. The molecular weight excluding hydrogens is 280 g/mol. The van der Waals surface area contributed by atoms with E-state index in [4.69, 9.17) is 21.1 Å². The van der Waals surface area contributed by atoms with Gasteiger partial charge in [0.05, 0.1) is 6.61 Å². The molecule has 0 aliphatic heterocycles. The van der Waals surface area contributed by atoms with Gasteiger partial charge >= 0.3 is 0 Å². The highest BCUT2D eigenvalue weighted by atomic mass is 35.5. The van der Waals surface area contributed by atoms with Crippen LogP contribution in [-0.2, 0) is 16.1 Å². The van der Waals surface area contributed by atoms with Gasteiger partial charge in [-0.2, -0.15) is 0 Å². The van der Waals surface area contributed by atoms with Crippen molar-refractivity contribution < 1.29 is 14.3 Å². The molecule has 0 aliphatic rings. The molecule has 0 fully saturated rings. The number of hydrogen-bond acceptors (Lipinski definition) is 4. The van der Waals surface area contributed by atoms with Crippen LogP contribution in [0.1, 0.15) is 12.5 Å². The number of carbonyl (C=O) groups is 1. The second-order valence-electron chi connectivity index (χ2n) is 4.33. The van der Waals surface area contributed by atoms with Gasteiger partial charge in [0.15, 0.2) is 6.10 Å². The Hall–Kier alpha value is -1.30. The maximum absolute atomic E-state index is 11.8. The maximum Gasteiger partial charge on any atom is 0.260 e. The summed E-state index contributed by atoms with van der Waals surface area (Å²) in [6.45, 7) is 3.27. The first-order chi connectivity index (χ1) is 9.58. The van der Waals surface area contributed by atoms with Crippen LogP contribution in [0.5, 0.6) is 5.75 Å². The third kappa shape index (κ3) is 5.36. The van der Waals surface area contributed by atoms with Gasteiger partial charge in [0.2, 0.25) is 0 Å². The van der Waals surface area contributed by atoms with Crippen LogP contribution in [-0.4, -0.2) is 39.3 Å². The van der Waals surface area contributed by atoms with Crippen LogP contribution in [0.3, 0.4) is 0 Å². The second-order valence-corrected chi connectivity index (χ2v) is 4.76. The summed E-state index contributed by atoms with van der Waals surface area (Å²) in [7, 11) is 3.43. The third-order valence-electron chi connectivity index (χ3n) is 2.67. The summed E-state index contributed by atoms with van der Waals surface area (Å²) >= 11 is 5.96. The molecule has 1 aromatic rings. The van der Waals surface area contributed by atoms with Crippen molar-refractivity contribution in [1.82, 2.24) is 10.6 Å². The number of halogens is 1. The van der Waals surface area contributed by atoms with Gasteiger partial charge in [0.25, 0.3) is 5.91 Å².